The second-order valence-electron chi connectivity index (χ2n) is 6.56. The predicted molar refractivity (Wildman–Crippen MR) is 92.8 cm³/mol. The Morgan fingerprint density at radius 1 is 1.12 bits per heavy atom. The average Bonchev–Trinajstić information content (AvgIpc) is 2.95. The zero-order valence-corrected chi connectivity index (χ0v) is 14.9. The van der Waals surface area contributed by atoms with E-state index in [1.807, 2.05) is 0 Å². The fraction of sp³-hybridized carbons (Fsp3) is 0.500. The molecule has 0 bridgehead atoms. The van der Waals surface area contributed by atoms with Crippen LogP contribution in [0.1, 0.15) is 25.7 Å². The van der Waals surface area contributed by atoms with Crippen molar-refractivity contribution in [2.45, 2.75) is 30.6 Å². The summed E-state index contributed by atoms with van der Waals surface area (Å²) in [4.78, 5) is 14.3. The van der Waals surface area contributed by atoms with Crippen molar-refractivity contribution in [1.82, 2.24) is 9.21 Å². The summed E-state index contributed by atoms with van der Waals surface area (Å²) in [5.74, 6) is -0.0556. The first-order chi connectivity index (χ1) is 12.0. The quantitative estimate of drug-likeness (QED) is 0.769. The highest BCUT2D eigenvalue weighted by Crippen LogP contribution is 2.22. The van der Waals surface area contributed by atoms with Gasteiger partial charge in [0.1, 0.15) is 5.82 Å². The summed E-state index contributed by atoms with van der Waals surface area (Å²) in [6.07, 6.45) is 7.36. The third-order valence-corrected chi connectivity index (χ3v) is 6.72. The first-order valence-electron chi connectivity index (χ1n) is 8.67. The third-order valence-electron chi connectivity index (χ3n) is 4.81. The van der Waals surface area contributed by atoms with Gasteiger partial charge in [0.05, 0.1) is 4.90 Å². The van der Waals surface area contributed by atoms with Crippen LogP contribution in [0.4, 0.5) is 4.39 Å². The van der Waals surface area contributed by atoms with Crippen LogP contribution in [0, 0.1) is 11.7 Å². The van der Waals surface area contributed by atoms with Gasteiger partial charge in [-0.05, 0) is 49.4 Å². The summed E-state index contributed by atoms with van der Waals surface area (Å²) < 4.78 is 39.8. The lowest BCUT2D eigenvalue weighted by atomic mass is 10.0. The number of carbonyl (C=O) groups is 1. The zero-order chi connectivity index (χ0) is 17.9. The molecule has 0 saturated carbocycles. The van der Waals surface area contributed by atoms with E-state index in [4.69, 9.17) is 0 Å². The Kier molecular flexibility index (Phi) is 5.54. The number of halogens is 1. The van der Waals surface area contributed by atoms with E-state index in [1.165, 1.54) is 16.4 Å². The molecule has 5 nitrogen and oxygen atoms in total. The van der Waals surface area contributed by atoms with Crippen molar-refractivity contribution in [2.75, 3.05) is 26.2 Å². The van der Waals surface area contributed by atoms with Gasteiger partial charge in [0.2, 0.25) is 15.9 Å². The highest BCUT2D eigenvalue weighted by molar-refractivity contribution is 7.89. The molecular weight excluding hydrogens is 343 g/mol. The van der Waals surface area contributed by atoms with Gasteiger partial charge in [-0.1, -0.05) is 12.2 Å². The molecule has 1 heterocycles. The standard InChI is InChI=1S/C18H23FN2O3S/c19-16-6-8-17(9-7-16)25(23,24)21-11-3-10-20(12-13-21)18(22)14-15-4-1-2-5-15/h1,4,6-9,15H,2-3,5,10-14H2. The molecule has 1 aliphatic carbocycles. The molecule has 1 saturated heterocycles. The van der Waals surface area contributed by atoms with Crippen molar-refractivity contribution in [3.05, 3.63) is 42.2 Å². The highest BCUT2D eigenvalue weighted by Gasteiger charge is 2.28. The molecule has 0 N–H and O–H groups in total. The van der Waals surface area contributed by atoms with E-state index >= 15 is 0 Å². The Labute approximate surface area is 148 Å². The van der Waals surface area contributed by atoms with Crippen LogP contribution in [-0.4, -0.2) is 49.7 Å². The molecule has 7 heteroatoms. The second kappa shape index (κ2) is 7.66. The average molecular weight is 366 g/mol. The maximum atomic E-state index is 13.0. The molecule has 0 spiro atoms. The number of carbonyl (C=O) groups excluding carboxylic acids is 1. The van der Waals surface area contributed by atoms with Crippen LogP contribution in [-0.2, 0) is 14.8 Å². The molecule has 1 atom stereocenters. The summed E-state index contributed by atoms with van der Waals surface area (Å²) >= 11 is 0. The van der Waals surface area contributed by atoms with Crippen LogP contribution in [0.25, 0.3) is 0 Å². The van der Waals surface area contributed by atoms with Crippen molar-refractivity contribution >= 4 is 15.9 Å². The van der Waals surface area contributed by atoms with Crippen LogP contribution in [0.3, 0.4) is 0 Å². The molecule has 1 aromatic rings. The third kappa shape index (κ3) is 4.27. The smallest absolute Gasteiger partial charge is 0.243 e. The summed E-state index contributed by atoms with van der Waals surface area (Å²) in [5, 5.41) is 0. The first-order valence-corrected chi connectivity index (χ1v) is 10.1. The number of hydrogen-bond donors (Lipinski definition) is 0. The first kappa shape index (κ1) is 18.1. The van der Waals surface area contributed by atoms with Crippen LogP contribution in [0.5, 0.6) is 0 Å². The van der Waals surface area contributed by atoms with Crippen LogP contribution >= 0.6 is 0 Å². The normalized spacial score (nSPS) is 22.1. The Hall–Kier alpha value is -1.73. The van der Waals surface area contributed by atoms with Crippen molar-refractivity contribution in [3.8, 4) is 0 Å². The SMILES string of the molecule is O=C(CC1C=CCC1)N1CCCN(S(=O)(=O)c2ccc(F)cc2)CC1. The fourth-order valence-electron chi connectivity index (χ4n) is 3.36. The van der Waals surface area contributed by atoms with Gasteiger partial charge >= 0.3 is 0 Å². The van der Waals surface area contributed by atoms with Gasteiger partial charge in [-0.25, -0.2) is 12.8 Å². The van der Waals surface area contributed by atoms with E-state index in [0.717, 1.165) is 25.0 Å². The molecule has 1 fully saturated rings. The molecule has 1 unspecified atom stereocenters. The number of nitrogens with zero attached hydrogens (tertiary/aromatic N) is 2. The number of amides is 1. The van der Waals surface area contributed by atoms with E-state index in [1.54, 1.807) is 4.90 Å². The Morgan fingerprint density at radius 3 is 2.56 bits per heavy atom. The van der Waals surface area contributed by atoms with Gasteiger partial charge in [0.15, 0.2) is 0 Å². The van der Waals surface area contributed by atoms with Crippen LogP contribution in [0.2, 0.25) is 0 Å². The maximum absolute atomic E-state index is 13.0. The lowest BCUT2D eigenvalue weighted by molar-refractivity contribution is -0.131. The van der Waals surface area contributed by atoms with Crippen molar-refractivity contribution in [3.63, 3.8) is 0 Å². The Morgan fingerprint density at radius 2 is 1.88 bits per heavy atom. The van der Waals surface area contributed by atoms with Gasteiger partial charge in [-0.15, -0.1) is 0 Å². The van der Waals surface area contributed by atoms with Gasteiger partial charge in [0, 0.05) is 32.6 Å². The van der Waals surface area contributed by atoms with Crippen molar-refractivity contribution in [1.29, 1.82) is 0 Å². The van der Waals surface area contributed by atoms with Gasteiger partial charge in [-0.2, -0.15) is 4.31 Å². The van der Waals surface area contributed by atoms with Gasteiger partial charge in [0.25, 0.3) is 0 Å². The molecular formula is C18H23FN2O3S. The second-order valence-corrected chi connectivity index (χ2v) is 8.50. The molecule has 3 rings (SSSR count). The zero-order valence-electron chi connectivity index (χ0n) is 14.1. The number of hydrogen-bond acceptors (Lipinski definition) is 3. The van der Waals surface area contributed by atoms with Crippen LogP contribution in [0.15, 0.2) is 41.3 Å². The summed E-state index contributed by atoms with van der Waals surface area (Å²) in [7, 11) is -3.66. The molecule has 0 radical (unpaired) electrons. The fourth-order valence-corrected chi connectivity index (χ4v) is 4.83. The summed E-state index contributed by atoms with van der Waals surface area (Å²) in [6, 6.07) is 4.86. The molecule has 136 valence electrons. The monoisotopic (exact) mass is 366 g/mol. The molecule has 1 aromatic carbocycles. The molecule has 2 aliphatic rings. The van der Waals surface area contributed by atoms with E-state index in [2.05, 4.69) is 12.2 Å². The Bertz CT molecular complexity index is 746. The molecule has 1 aliphatic heterocycles. The lowest BCUT2D eigenvalue weighted by Crippen LogP contribution is -2.37. The number of sulfonamides is 1. The van der Waals surface area contributed by atoms with E-state index < -0.39 is 15.8 Å². The minimum Gasteiger partial charge on any atom is -0.341 e. The van der Waals surface area contributed by atoms with Gasteiger partial charge in [-0.3, -0.25) is 4.79 Å². The number of allylic oxidation sites excluding steroid dienone is 2. The van der Waals surface area contributed by atoms with Crippen LogP contribution < -0.4 is 0 Å². The summed E-state index contributed by atoms with van der Waals surface area (Å²) in [6.45, 7) is 1.61. The van der Waals surface area contributed by atoms with Crippen molar-refractivity contribution < 1.29 is 17.6 Å². The molecule has 1 amide bonds. The Balaban J connectivity index is 1.63. The highest BCUT2D eigenvalue weighted by atomic mass is 32.2. The lowest BCUT2D eigenvalue weighted by Gasteiger charge is -2.23. The largest absolute Gasteiger partial charge is 0.341 e. The predicted octanol–water partition coefficient (Wildman–Crippen LogP) is 2.41. The van der Waals surface area contributed by atoms with Crippen molar-refractivity contribution in [2.24, 2.45) is 5.92 Å². The van der Waals surface area contributed by atoms with E-state index in [-0.39, 0.29) is 17.3 Å². The number of benzene rings is 1. The number of rotatable bonds is 4. The van der Waals surface area contributed by atoms with E-state index in [0.29, 0.717) is 38.4 Å². The molecule has 0 aromatic heterocycles. The van der Waals surface area contributed by atoms with E-state index in [9.17, 15) is 17.6 Å². The van der Waals surface area contributed by atoms with Gasteiger partial charge < -0.3 is 4.90 Å². The topological polar surface area (TPSA) is 57.7 Å². The minimum atomic E-state index is -3.66. The summed E-state index contributed by atoms with van der Waals surface area (Å²) in [5.41, 5.74) is 0. The maximum Gasteiger partial charge on any atom is 0.243 e. The minimum absolute atomic E-state index is 0.0877. The molecule has 25 heavy (non-hydrogen) atoms.